The second-order valence-electron chi connectivity index (χ2n) is 9.19. The zero-order valence-electron chi connectivity index (χ0n) is 19.3. The molecule has 0 aliphatic rings. The Hall–Kier alpha value is -2.16. The van der Waals surface area contributed by atoms with Gasteiger partial charge in [0.05, 0.1) is 6.04 Å². The van der Waals surface area contributed by atoms with Crippen LogP contribution in [0.25, 0.3) is 0 Å². The molecule has 6 N–H and O–H groups in total. The van der Waals surface area contributed by atoms with Gasteiger partial charge in [-0.2, -0.15) is 0 Å². The summed E-state index contributed by atoms with van der Waals surface area (Å²) in [4.78, 5) is 48.8. The van der Waals surface area contributed by atoms with Gasteiger partial charge in [0.1, 0.15) is 18.1 Å². The van der Waals surface area contributed by atoms with E-state index in [1.807, 2.05) is 41.5 Å². The molecule has 0 aromatic rings. The molecule has 0 rings (SSSR count). The van der Waals surface area contributed by atoms with Crippen LogP contribution in [0.15, 0.2) is 0 Å². The summed E-state index contributed by atoms with van der Waals surface area (Å²) >= 11 is 0. The van der Waals surface area contributed by atoms with Crippen LogP contribution in [0, 0.1) is 17.8 Å². The first-order valence-electron chi connectivity index (χ1n) is 10.6. The third-order valence-electron chi connectivity index (χ3n) is 4.48. The highest BCUT2D eigenvalue weighted by molar-refractivity contribution is 5.93. The number of aliphatic carboxylic acids is 1. The number of amides is 3. The van der Waals surface area contributed by atoms with Crippen LogP contribution in [0.2, 0.25) is 0 Å². The maximum atomic E-state index is 12.7. The molecule has 9 nitrogen and oxygen atoms in total. The molecule has 0 radical (unpaired) electrons. The van der Waals surface area contributed by atoms with Crippen molar-refractivity contribution in [2.45, 2.75) is 91.9 Å². The van der Waals surface area contributed by atoms with Gasteiger partial charge in [-0.15, -0.1) is 0 Å². The van der Waals surface area contributed by atoms with E-state index < -0.39 is 47.9 Å². The number of carbonyl (C=O) groups is 4. The van der Waals surface area contributed by atoms with Crippen LogP contribution in [0.4, 0.5) is 0 Å². The fraction of sp³-hybridized carbons (Fsp3) is 0.810. The number of nitrogens with one attached hydrogen (secondary N) is 3. The summed E-state index contributed by atoms with van der Waals surface area (Å²) in [7, 11) is 0. The average Bonchev–Trinajstić information content (AvgIpc) is 2.58. The first-order chi connectivity index (χ1) is 13.7. The van der Waals surface area contributed by atoms with Gasteiger partial charge in [0.15, 0.2) is 0 Å². The lowest BCUT2D eigenvalue weighted by Crippen LogP contribution is -2.56. The Labute approximate surface area is 179 Å². The predicted molar refractivity (Wildman–Crippen MR) is 115 cm³/mol. The fourth-order valence-corrected chi connectivity index (χ4v) is 2.97. The molecule has 30 heavy (non-hydrogen) atoms. The fourth-order valence-electron chi connectivity index (χ4n) is 2.97. The molecular formula is C21H40N4O5. The van der Waals surface area contributed by atoms with E-state index in [4.69, 9.17) is 5.73 Å². The molecule has 9 heteroatoms. The maximum absolute atomic E-state index is 12.7. The third kappa shape index (κ3) is 11.1. The van der Waals surface area contributed by atoms with Crippen LogP contribution in [-0.2, 0) is 19.2 Å². The zero-order chi connectivity index (χ0) is 23.6. The van der Waals surface area contributed by atoms with Gasteiger partial charge in [-0.05, 0) is 43.9 Å². The van der Waals surface area contributed by atoms with E-state index >= 15 is 0 Å². The number of nitrogens with two attached hydrogens (primary N) is 1. The van der Waals surface area contributed by atoms with Crippen molar-refractivity contribution in [3.63, 3.8) is 0 Å². The van der Waals surface area contributed by atoms with E-state index in [1.165, 1.54) is 6.92 Å². The van der Waals surface area contributed by atoms with Gasteiger partial charge in [-0.3, -0.25) is 14.4 Å². The standard InChI is InChI=1S/C21H40N4O5/c1-11(2)8-15(22)19(27)23-14(7)18(26)24-16(9-12(3)4)20(28)25-17(21(29)30)10-13(5)6/h11-17H,8-10,22H2,1-7H3,(H,23,27)(H,24,26)(H,25,28)(H,29,30)/t14-,15-,16-,17-/m0/s1. The number of hydrogen-bond donors (Lipinski definition) is 5. The molecular weight excluding hydrogens is 388 g/mol. The minimum atomic E-state index is -1.12. The number of carboxylic acid groups (broad SMARTS) is 1. The highest BCUT2D eigenvalue weighted by Gasteiger charge is 2.29. The molecule has 0 aromatic heterocycles. The largest absolute Gasteiger partial charge is 0.480 e. The van der Waals surface area contributed by atoms with Gasteiger partial charge in [0.2, 0.25) is 17.7 Å². The van der Waals surface area contributed by atoms with Crippen molar-refractivity contribution in [3.8, 4) is 0 Å². The van der Waals surface area contributed by atoms with E-state index in [-0.39, 0.29) is 24.2 Å². The van der Waals surface area contributed by atoms with Gasteiger partial charge in [-0.25, -0.2) is 4.79 Å². The topological polar surface area (TPSA) is 151 Å². The highest BCUT2D eigenvalue weighted by Crippen LogP contribution is 2.09. The smallest absolute Gasteiger partial charge is 0.326 e. The van der Waals surface area contributed by atoms with Gasteiger partial charge >= 0.3 is 5.97 Å². The Bertz CT molecular complexity index is 592. The van der Waals surface area contributed by atoms with E-state index in [1.54, 1.807) is 0 Å². The number of carboxylic acids is 1. The Morgan fingerprint density at radius 3 is 1.53 bits per heavy atom. The molecule has 0 heterocycles. The van der Waals surface area contributed by atoms with E-state index in [0.29, 0.717) is 12.8 Å². The van der Waals surface area contributed by atoms with Crippen molar-refractivity contribution in [2.75, 3.05) is 0 Å². The summed E-state index contributed by atoms with van der Waals surface area (Å²) in [5, 5.41) is 17.1. The third-order valence-corrected chi connectivity index (χ3v) is 4.48. The molecule has 0 bridgehead atoms. The van der Waals surface area contributed by atoms with Crippen LogP contribution in [0.5, 0.6) is 0 Å². The molecule has 0 unspecified atom stereocenters. The van der Waals surface area contributed by atoms with Crippen LogP contribution in [0.3, 0.4) is 0 Å². The Morgan fingerprint density at radius 1 is 0.667 bits per heavy atom. The van der Waals surface area contributed by atoms with Crippen LogP contribution < -0.4 is 21.7 Å². The highest BCUT2D eigenvalue weighted by atomic mass is 16.4. The van der Waals surface area contributed by atoms with Gasteiger partial charge < -0.3 is 26.8 Å². The lowest BCUT2D eigenvalue weighted by atomic mass is 10.00. The second kappa shape index (κ2) is 13.2. The molecule has 0 aliphatic carbocycles. The summed E-state index contributed by atoms with van der Waals surface area (Å²) in [6.07, 6.45) is 1.10. The minimum absolute atomic E-state index is 0.0785. The zero-order valence-corrected chi connectivity index (χ0v) is 19.3. The number of hydrogen-bond acceptors (Lipinski definition) is 5. The van der Waals surface area contributed by atoms with E-state index in [0.717, 1.165) is 0 Å². The molecule has 174 valence electrons. The molecule has 0 aliphatic heterocycles. The minimum Gasteiger partial charge on any atom is -0.480 e. The molecule has 0 spiro atoms. The van der Waals surface area contributed by atoms with Crippen molar-refractivity contribution < 1.29 is 24.3 Å². The Morgan fingerprint density at radius 2 is 1.10 bits per heavy atom. The first kappa shape index (κ1) is 27.8. The Balaban J connectivity index is 5.09. The number of carbonyl (C=O) groups excluding carboxylic acids is 3. The molecule has 0 aromatic carbocycles. The lowest BCUT2D eigenvalue weighted by Gasteiger charge is -2.25. The monoisotopic (exact) mass is 428 g/mol. The second-order valence-corrected chi connectivity index (χ2v) is 9.19. The van der Waals surface area contributed by atoms with Crippen LogP contribution >= 0.6 is 0 Å². The number of rotatable bonds is 13. The normalized spacial score (nSPS) is 15.4. The summed E-state index contributed by atoms with van der Waals surface area (Å²) in [6.45, 7) is 12.9. The van der Waals surface area contributed by atoms with E-state index in [2.05, 4.69) is 16.0 Å². The molecule has 3 amide bonds. The first-order valence-corrected chi connectivity index (χ1v) is 10.6. The van der Waals surface area contributed by atoms with Crippen molar-refractivity contribution in [1.82, 2.24) is 16.0 Å². The molecule has 0 saturated carbocycles. The molecule has 0 saturated heterocycles. The van der Waals surface area contributed by atoms with Crippen molar-refractivity contribution in [3.05, 3.63) is 0 Å². The Kier molecular flexibility index (Phi) is 12.3. The van der Waals surface area contributed by atoms with Crippen molar-refractivity contribution in [2.24, 2.45) is 23.5 Å². The molecule has 0 fully saturated rings. The maximum Gasteiger partial charge on any atom is 0.326 e. The lowest BCUT2D eigenvalue weighted by molar-refractivity contribution is -0.143. The van der Waals surface area contributed by atoms with E-state index in [9.17, 15) is 24.3 Å². The van der Waals surface area contributed by atoms with Gasteiger partial charge in [0, 0.05) is 0 Å². The summed E-state index contributed by atoms with van der Waals surface area (Å²) in [6, 6.07) is -3.54. The summed E-state index contributed by atoms with van der Waals surface area (Å²) < 4.78 is 0. The SMILES string of the molecule is CC(C)C[C@H](NC(=O)[C@H](CC(C)C)NC(=O)[C@H](C)NC(=O)[C@@H](N)CC(C)C)C(=O)O. The van der Waals surface area contributed by atoms with Crippen LogP contribution in [-0.4, -0.2) is 53.0 Å². The summed E-state index contributed by atoms with van der Waals surface area (Å²) in [5.74, 6) is -2.24. The quantitative estimate of drug-likeness (QED) is 0.295. The average molecular weight is 429 g/mol. The van der Waals surface area contributed by atoms with Crippen molar-refractivity contribution in [1.29, 1.82) is 0 Å². The molecule has 4 atom stereocenters. The van der Waals surface area contributed by atoms with Gasteiger partial charge in [-0.1, -0.05) is 41.5 Å². The predicted octanol–water partition coefficient (Wildman–Crippen LogP) is 1.01. The van der Waals surface area contributed by atoms with Crippen LogP contribution in [0.1, 0.15) is 67.7 Å². The summed E-state index contributed by atoms with van der Waals surface area (Å²) in [5.41, 5.74) is 5.84. The van der Waals surface area contributed by atoms with Gasteiger partial charge in [0.25, 0.3) is 0 Å². The van der Waals surface area contributed by atoms with Crippen molar-refractivity contribution >= 4 is 23.7 Å².